The van der Waals surface area contributed by atoms with Crippen LogP contribution >= 0.6 is 0 Å². The summed E-state index contributed by atoms with van der Waals surface area (Å²) in [6.07, 6.45) is -0.670. The van der Waals surface area contributed by atoms with Crippen molar-refractivity contribution in [3.63, 3.8) is 0 Å². The van der Waals surface area contributed by atoms with E-state index in [1.807, 2.05) is 0 Å². The summed E-state index contributed by atoms with van der Waals surface area (Å²) < 4.78 is 0. The van der Waals surface area contributed by atoms with Crippen molar-refractivity contribution in [2.75, 3.05) is 6.61 Å². The molecule has 0 bridgehead atoms. The highest BCUT2D eigenvalue weighted by Gasteiger charge is 2.31. The highest BCUT2D eigenvalue weighted by Crippen LogP contribution is 2.07. The molecule has 4 atom stereocenters. The van der Waals surface area contributed by atoms with E-state index in [1.165, 1.54) is 0 Å². The number of nitrogens with one attached hydrogen (secondary N) is 3. The Morgan fingerprint density at radius 2 is 1.29 bits per heavy atom. The number of carbonyl (C=O) groups excluding carboxylic acids is 3. The number of hydrogen-bond acceptors (Lipinski definition) is 7. The van der Waals surface area contributed by atoms with Gasteiger partial charge in [-0.1, -0.05) is 27.7 Å². The lowest BCUT2D eigenvalue weighted by atomic mass is 10.0. The molecular weight excluding hydrogens is 412 g/mol. The van der Waals surface area contributed by atoms with E-state index >= 15 is 0 Å². The normalized spacial score (nSPS) is 15.0. The largest absolute Gasteiger partial charge is 0.481 e. The molecule has 0 saturated carbocycles. The minimum absolute atomic E-state index is 0.0485. The number of carbonyl (C=O) groups is 5. The fourth-order valence-electron chi connectivity index (χ4n) is 2.54. The number of carboxylic acids is 2. The Labute approximate surface area is 180 Å². The van der Waals surface area contributed by atoms with Crippen LogP contribution < -0.4 is 21.7 Å². The monoisotopic (exact) mass is 446 g/mol. The van der Waals surface area contributed by atoms with Crippen molar-refractivity contribution in [3.05, 3.63) is 0 Å². The van der Waals surface area contributed by atoms with Crippen LogP contribution in [-0.2, 0) is 24.0 Å². The van der Waals surface area contributed by atoms with Gasteiger partial charge in [0.15, 0.2) is 0 Å². The molecule has 4 unspecified atom stereocenters. The molecule has 0 spiro atoms. The van der Waals surface area contributed by atoms with E-state index in [9.17, 15) is 34.2 Å². The molecule has 0 fully saturated rings. The third-order valence-electron chi connectivity index (χ3n) is 4.44. The van der Waals surface area contributed by atoms with Crippen LogP contribution in [0.15, 0.2) is 0 Å². The fourth-order valence-corrected chi connectivity index (χ4v) is 2.54. The van der Waals surface area contributed by atoms with Gasteiger partial charge in [-0.05, 0) is 24.7 Å². The van der Waals surface area contributed by atoms with Gasteiger partial charge in [0.1, 0.15) is 18.1 Å². The lowest BCUT2D eigenvalue weighted by Gasteiger charge is -2.25. The van der Waals surface area contributed by atoms with Crippen LogP contribution in [0.3, 0.4) is 0 Å². The molecule has 0 aromatic rings. The second-order valence-corrected chi connectivity index (χ2v) is 8.04. The van der Waals surface area contributed by atoms with Crippen LogP contribution in [0.4, 0.5) is 0 Å². The number of carboxylic acid groups (broad SMARTS) is 2. The molecule has 0 aliphatic heterocycles. The molecule has 0 aliphatic rings. The smallest absolute Gasteiger partial charge is 0.326 e. The molecular formula is C19H34N4O8. The Balaban J connectivity index is 5.36. The summed E-state index contributed by atoms with van der Waals surface area (Å²) in [5.41, 5.74) is 5.71. The zero-order valence-corrected chi connectivity index (χ0v) is 18.3. The van der Waals surface area contributed by atoms with Gasteiger partial charge in [-0.2, -0.15) is 0 Å². The van der Waals surface area contributed by atoms with Gasteiger partial charge < -0.3 is 37.0 Å². The van der Waals surface area contributed by atoms with Crippen LogP contribution in [0, 0.1) is 11.8 Å². The molecule has 12 nitrogen and oxygen atoms in total. The average Bonchev–Trinajstić information content (AvgIpc) is 2.66. The molecule has 178 valence electrons. The number of aliphatic hydroxyl groups is 1. The maximum atomic E-state index is 12.6. The zero-order chi connectivity index (χ0) is 24.3. The lowest BCUT2D eigenvalue weighted by molar-refractivity contribution is -0.143. The predicted molar refractivity (Wildman–Crippen MR) is 110 cm³/mol. The van der Waals surface area contributed by atoms with E-state index in [2.05, 4.69) is 16.0 Å². The molecule has 0 aliphatic carbocycles. The van der Waals surface area contributed by atoms with Gasteiger partial charge in [-0.25, -0.2) is 4.79 Å². The van der Waals surface area contributed by atoms with Crippen molar-refractivity contribution >= 4 is 29.7 Å². The molecule has 0 aromatic carbocycles. The number of rotatable bonds is 14. The number of aliphatic carboxylic acids is 2. The van der Waals surface area contributed by atoms with Gasteiger partial charge in [-0.3, -0.25) is 19.2 Å². The Morgan fingerprint density at radius 1 is 0.806 bits per heavy atom. The first-order chi connectivity index (χ1) is 14.3. The molecule has 8 N–H and O–H groups in total. The molecule has 0 saturated heterocycles. The molecule has 0 radical (unpaired) electrons. The van der Waals surface area contributed by atoms with Crippen LogP contribution in [0.2, 0.25) is 0 Å². The number of nitrogens with two attached hydrogens (primary N) is 1. The first kappa shape index (κ1) is 28.3. The highest BCUT2D eigenvalue weighted by atomic mass is 16.4. The quantitative estimate of drug-likeness (QED) is 0.164. The third-order valence-corrected chi connectivity index (χ3v) is 4.44. The summed E-state index contributed by atoms with van der Waals surface area (Å²) in [6.45, 7) is 6.13. The Morgan fingerprint density at radius 3 is 1.71 bits per heavy atom. The Kier molecular flexibility index (Phi) is 12.4. The maximum absolute atomic E-state index is 12.6. The molecule has 12 heteroatoms. The number of hydrogen-bond donors (Lipinski definition) is 7. The van der Waals surface area contributed by atoms with Crippen molar-refractivity contribution in [1.82, 2.24) is 16.0 Å². The summed E-state index contributed by atoms with van der Waals surface area (Å²) in [5.74, 6) is -5.28. The molecule has 0 rings (SSSR count). The van der Waals surface area contributed by atoms with Crippen LogP contribution in [-0.4, -0.2) is 75.8 Å². The van der Waals surface area contributed by atoms with Crippen LogP contribution in [0.5, 0.6) is 0 Å². The molecule has 3 amide bonds. The average molecular weight is 447 g/mol. The van der Waals surface area contributed by atoms with E-state index < -0.39 is 66.9 Å². The molecule has 0 aromatic heterocycles. The second kappa shape index (κ2) is 13.5. The first-order valence-corrected chi connectivity index (χ1v) is 10.0. The SMILES string of the molecule is CC(C)CC(NC(=O)C(CCC(=O)O)NC(=O)C(CO)NC(=O)C(N)C(C)C)C(=O)O. The summed E-state index contributed by atoms with van der Waals surface area (Å²) in [5, 5.41) is 34.5. The highest BCUT2D eigenvalue weighted by molar-refractivity contribution is 5.94. The minimum Gasteiger partial charge on any atom is -0.481 e. The van der Waals surface area contributed by atoms with Crippen molar-refractivity contribution < 1.29 is 39.3 Å². The van der Waals surface area contributed by atoms with Crippen molar-refractivity contribution in [3.8, 4) is 0 Å². The van der Waals surface area contributed by atoms with Gasteiger partial charge in [-0.15, -0.1) is 0 Å². The summed E-state index contributed by atoms with van der Waals surface area (Å²) in [7, 11) is 0. The molecule has 31 heavy (non-hydrogen) atoms. The van der Waals surface area contributed by atoms with Crippen molar-refractivity contribution in [2.24, 2.45) is 17.6 Å². The first-order valence-electron chi connectivity index (χ1n) is 10.0. The lowest BCUT2D eigenvalue weighted by Crippen LogP contribution is -2.58. The second-order valence-electron chi connectivity index (χ2n) is 8.04. The van der Waals surface area contributed by atoms with Crippen LogP contribution in [0.1, 0.15) is 47.0 Å². The van der Waals surface area contributed by atoms with Gasteiger partial charge in [0.05, 0.1) is 12.6 Å². The summed E-state index contributed by atoms with van der Waals surface area (Å²) in [6, 6.07) is -4.97. The Bertz CT molecular complexity index is 653. The van der Waals surface area contributed by atoms with E-state index in [-0.39, 0.29) is 24.7 Å². The van der Waals surface area contributed by atoms with Crippen LogP contribution in [0.25, 0.3) is 0 Å². The predicted octanol–water partition coefficient (Wildman–Crippen LogP) is -1.59. The van der Waals surface area contributed by atoms with Gasteiger partial charge >= 0.3 is 11.9 Å². The van der Waals surface area contributed by atoms with Gasteiger partial charge in [0.2, 0.25) is 17.7 Å². The Hall–Kier alpha value is -2.73. The maximum Gasteiger partial charge on any atom is 0.326 e. The topological polar surface area (TPSA) is 208 Å². The van der Waals surface area contributed by atoms with Gasteiger partial charge in [0, 0.05) is 6.42 Å². The third kappa shape index (κ3) is 10.7. The fraction of sp³-hybridized carbons (Fsp3) is 0.737. The number of aliphatic hydroxyl groups excluding tert-OH is 1. The van der Waals surface area contributed by atoms with Crippen molar-refractivity contribution in [1.29, 1.82) is 0 Å². The standard InChI is InChI=1S/C19H34N4O8/c1-9(2)7-12(19(30)31)22-16(27)11(5-6-14(25)26)21-17(28)13(8-24)23-18(29)15(20)10(3)4/h9-13,15,24H,5-8,20H2,1-4H3,(H,21,28)(H,22,27)(H,23,29)(H,25,26)(H,30,31). The van der Waals surface area contributed by atoms with Gasteiger partial charge in [0.25, 0.3) is 0 Å². The number of amides is 3. The summed E-state index contributed by atoms with van der Waals surface area (Å²) >= 11 is 0. The van der Waals surface area contributed by atoms with E-state index in [0.717, 1.165) is 0 Å². The van der Waals surface area contributed by atoms with E-state index in [4.69, 9.17) is 10.8 Å². The molecule has 0 heterocycles. The minimum atomic E-state index is -1.43. The summed E-state index contributed by atoms with van der Waals surface area (Å²) in [4.78, 5) is 59.4. The van der Waals surface area contributed by atoms with E-state index in [0.29, 0.717) is 0 Å². The van der Waals surface area contributed by atoms with E-state index in [1.54, 1.807) is 27.7 Å². The van der Waals surface area contributed by atoms with Crippen molar-refractivity contribution in [2.45, 2.75) is 71.1 Å². The zero-order valence-electron chi connectivity index (χ0n) is 18.3.